The molecule has 0 saturated carbocycles. The molecule has 0 aromatic heterocycles. The van der Waals surface area contributed by atoms with Crippen LogP contribution in [-0.2, 0) is 16.0 Å². The van der Waals surface area contributed by atoms with Gasteiger partial charge in [0.15, 0.2) is 6.54 Å². The highest BCUT2D eigenvalue weighted by atomic mass is 16.5. The highest BCUT2D eigenvalue weighted by Gasteiger charge is 2.35. The van der Waals surface area contributed by atoms with E-state index in [2.05, 4.69) is 34.9 Å². The van der Waals surface area contributed by atoms with Crippen molar-refractivity contribution in [3.63, 3.8) is 0 Å². The average molecular weight is 452 g/mol. The second-order valence-electron chi connectivity index (χ2n) is 8.88. The minimum absolute atomic E-state index is 0.173. The fraction of sp³-hybridized carbons (Fsp3) is 0.423. The Labute approximate surface area is 196 Å². The predicted octanol–water partition coefficient (Wildman–Crippen LogP) is 3.84. The lowest BCUT2D eigenvalue weighted by Crippen LogP contribution is -2.56. The van der Waals surface area contributed by atoms with E-state index in [0.717, 1.165) is 55.4 Å². The molecule has 3 rings (SSSR count). The van der Waals surface area contributed by atoms with Gasteiger partial charge in [0.25, 0.3) is 0 Å². The van der Waals surface area contributed by atoms with Crippen molar-refractivity contribution in [2.45, 2.75) is 25.7 Å². The molecule has 1 aliphatic heterocycles. The highest BCUT2D eigenvalue weighted by molar-refractivity contribution is 5.90. The van der Waals surface area contributed by atoms with Crippen LogP contribution in [0, 0.1) is 11.3 Å². The Kier molecular flexibility index (Phi) is 9.01. The Morgan fingerprint density at radius 3 is 2.58 bits per heavy atom. The van der Waals surface area contributed by atoms with Crippen molar-refractivity contribution in [2.24, 2.45) is 5.92 Å². The van der Waals surface area contributed by atoms with Crippen LogP contribution in [0.2, 0.25) is 0 Å². The number of piperidine rings is 1. The zero-order valence-corrected chi connectivity index (χ0v) is 19.4. The van der Waals surface area contributed by atoms with Gasteiger partial charge < -0.3 is 25.3 Å². The number of carbonyl (C=O) groups excluding carboxylic acids is 2. The summed E-state index contributed by atoms with van der Waals surface area (Å²) in [6.07, 6.45) is 5.29. The van der Waals surface area contributed by atoms with Crippen LogP contribution >= 0.6 is 0 Å². The summed E-state index contributed by atoms with van der Waals surface area (Å²) in [5.41, 5.74) is 2.76. The molecule has 0 unspecified atom stereocenters. The van der Waals surface area contributed by atoms with E-state index in [9.17, 15) is 9.59 Å². The van der Waals surface area contributed by atoms with Crippen molar-refractivity contribution in [1.29, 1.82) is 5.41 Å². The lowest BCUT2D eigenvalue weighted by molar-refractivity contribution is -0.927. The van der Waals surface area contributed by atoms with Gasteiger partial charge in [0, 0.05) is 24.9 Å². The molecule has 0 aliphatic carbocycles. The van der Waals surface area contributed by atoms with Crippen molar-refractivity contribution in [1.82, 2.24) is 5.32 Å². The molecule has 2 aromatic carbocycles. The average Bonchev–Trinajstić information content (AvgIpc) is 2.84. The number of hydrogen-bond acceptors (Lipinski definition) is 4. The summed E-state index contributed by atoms with van der Waals surface area (Å²) in [7, 11) is 1.44. The molecule has 7 nitrogen and oxygen atoms in total. The van der Waals surface area contributed by atoms with Gasteiger partial charge in [0.1, 0.15) is 0 Å². The van der Waals surface area contributed by atoms with Crippen LogP contribution < -0.4 is 10.6 Å². The van der Waals surface area contributed by atoms with Gasteiger partial charge in [-0.3, -0.25) is 0 Å². The van der Waals surface area contributed by atoms with Crippen molar-refractivity contribution in [3.8, 4) is 0 Å². The maximum absolute atomic E-state index is 12.2. The normalized spacial score (nSPS) is 20.0. The van der Waals surface area contributed by atoms with E-state index in [4.69, 9.17) is 10.1 Å². The molecule has 1 fully saturated rings. The van der Waals surface area contributed by atoms with Crippen molar-refractivity contribution >= 4 is 23.9 Å². The second kappa shape index (κ2) is 12.2. The minimum atomic E-state index is -0.266. The number of nitrogens with one attached hydrogen (secondary N) is 3. The van der Waals surface area contributed by atoms with Gasteiger partial charge in [-0.25, -0.2) is 9.59 Å². The van der Waals surface area contributed by atoms with Gasteiger partial charge in [0.05, 0.1) is 26.7 Å². The zero-order valence-electron chi connectivity index (χ0n) is 19.4. The summed E-state index contributed by atoms with van der Waals surface area (Å²) in [5.74, 6) is 0.463. The molecule has 7 heteroatoms. The molecular weight excluding hydrogens is 416 g/mol. The van der Waals surface area contributed by atoms with Crippen LogP contribution in [0.1, 0.15) is 30.4 Å². The molecule has 0 spiro atoms. The number of hydrogen-bond donors (Lipinski definition) is 3. The Hall–Kier alpha value is -3.19. The second-order valence-corrected chi connectivity index (χ2v) is 8.88. The number of rotatable bonds is 10. The number of anilines is 1. The molecule has 1 saturated heterocycles. The molecule has 176 valence electrons. The first-order chi connectivity index (χ1) is 16.0. The molecule has 2 amide bonds. The number of carbonyl (C=O) groups is 2. The molecule has 33 heavy (non-hydrogen) atoms. The minimum Gasteiger partial charge on any atom is -0.465 e. The summed E-state index contributed by atoms with van der Waals surface area (Å²) < 4.78 is 5.70. The molecule has 0 atom stereocenters. The van der Waals surface area contributed by atoms with E-state index >= 15 is 0 Å². The van der Waals surface area contributed by atoms with Crippen LogP contribution in [0.15, 0.2) is 54.6 Å². The lowest BCUT2D eigenvalue weighted by Gasteiger charge is -2.43. The smallest absolute Gasteiger partial charge is 0.361 e. The summed E-state index contributed by atoms with van der Waals surface area (Å²) >= 11 is 0. The number of likely N-dealkylation sites (tertiary alicyclic amines) is 1. The van der Waals surface area contributed by atoms with Crippen molar-refractivity contribution in [2.75, 3.05) is 45.2 Å². The van der Waals surface area contributed by atoms with E-state index in [1.54, 1.807) is 18.2 Å². The number of esters is 1. The number of methoxy groups -OCH3 is 1. The Morgan fingerprint density at radius 1 is 1.12 bits per heavy atom. The molecule has 1 heterocycles. The van der Waals surface area contributed by atoms with Crippen LogP contribution in [0.25, 0.3) is 0 Å². The molecule has 0 bridgehead atoms. The third kappa shape index (κ3) is 7.71. The van der Waals surface area contributed by atoms with Gasteiger partial charge in [-0.05, 0) is 48.4 Å². The number of amides is 2. The Morgan fingerprint density at radius 2 is 1.88 bits per heavy atom. The Bertz CT molecular complexity index is 924. The highest BCUT2D eigenvalue weighted by Crippen LogP contribution is 2.27. The molecule has 1 aliphatic rings. The van der Waals surface area contributed by atoms with Crippen LogP contribution in [-0.4, -0.2) is 62.5 Å². The first-order valence-corrected chi connectivity index (χ1v) is 11.6. The fourth-order valence-electron chi connectivity index (χ4n) is 4.62. The fourth-order valence-corrected chi connectivity index (χ4v) is 4.62. The molecule has 2 aromatic rings. The number of ether oxygens (including phenoxy) is 1. The maximum Gasteiger partial charge on any atom is 0.361 e. The summed E-state index contributed by atoms with van der Waals surface area (Å²) in [6, 6.07) is 17.5. The van der Waals surface area contributed by atoms with Crippen molar-refractivity contribution < 1.29 is 18.8 Å². The summed E-state index contributed by atoms with van der Waals surface area (Å²) in [4.78, 5) is 24.3. The monoisotopic (exact) mass is 451 g/mol. The van der Waals surface area contributed by atoms with Gasteiger partial charge in [-0.2, -0.15) is 0 Å². The summed E-state index contributed by atoms with van der Waals surface area (Å²) in [6.45, 7) is 3.66. The molecular formula is C26H35N4O3+. The predicted molar refractivity (Wildman–Crippen MR) is 131 cm³/mol. The first kappa shape index (κ1) is 24.5. The Balaban J connectivity index is 1.47. The number of benzene rings is 2. The standard InChI is InChI=1S/C26H34N4O3/c1-33-25(31)20-30(15-11-22(12-16-30)17-21-7-3-2-4-8-21)14-6-13-28-26(32)29-24-10-5-9-23(18-24)19-27/h2-5,7-10,18-19,22,27H,6,11-17,20H2,1H3,(H-,28,29,32)/p+1. The SMILES string of the molecule is COC(=O)C[N+]1(CCCNC(=O)Nc2cccc(C=N)c2)CCC(Cc2ccccc2)CC1. The quantitative estimate of drug-likeness (QED) is 0.222. The third-order valence-corrected chi connectivity index (χ3v) is 6.49. The third-order valence-electron chi connectivity index (χ3n) is 6.49. The van der Waals surface area contributed by atoms with E-state index in [-0.39, 0.29) is 12.0 Å². The molecule has 3 N–H and O–H groups in total. The van der Waals surface area contributed by atoms with Crippen LogP contribution in [0.3, 0.4) is 0 Å². The van der Waals surface area contributed by atoms with Gasteiger partial charge in [-0.15, -0.1) is 0 Å². The number of nitrogens with zero attached hydrogens (tertiary/aromatic N) is 1. The maximum atomic E-state index is 12.2. The first-order valence-electron chi connectivity index (χ1n) is 11.6. The van der Waals surface area contributed by atoms with Crippen molar-refractivity contribution in [3.05, 3.63) is 65.7 Å². The number of quaternary nitrogens is 1. The van der Waals surface area contributed by atoms with Crippen LogP contribution in [0.5, 0.6) is 0 Å². The molecule has 0 radical (unpaired) electrons. The summed E-state index contributed by atoms with van der Waals surface area (Å²) in [5, 5.41) is 13.0. The van der Waals surface area contributed by atoms with Gasteiger partial charge in [-0.1, -0.05) is 42.5 Å². The largest absolute Gasteiger partial charge is 0.465 e. The zero-order chi connectivity index (χ0) is 23.5. The van der Waals surface area contributed by atoms with E-state index < -0.39 is 0 Å². The van der Waals surface area contributed by atoms with Gasteiger partial charge >= 0.3 is 12.0 Å². The topological polar surface area (TPSA) is 91.3 Å². The number of urea groups is 1. The van der Waals surface area contributed by atoms with E-state index in [1.165, 1.54) is 18.9 Å². The van der Waals surface area contributed by atoms with E-state index in [0.29, 0.717) is 24.7 Å². The van der Waals surface area contributed by atoms with Gasteiger partial charge in [0.2, 0.25) is 0 Å². The lowest BCUT2D eigenvalue weighted by atomic mass is 9.88. The van der Waals surface area contributed by atoms with Crippen LogP contribution in [0.4, 0.5) is 10.5 Å². The van der Waals surface area contributed by atoms with E-state index in [1.807, 2.05) is 12.1 Å².